The van der Waals surface area contributed by atoms with Gasteiger partial charge in [-0.2, -0.15) is 9.97 Å². The lowest BCUT2D eigenvalue weighted by Crippen LogP contribution is -2.43. The van der Waals surface area contributed by atoms with Crippen LogP contribution in [0.3, 0.4) is 0 Å². The Balaban J connectivity index is 1.64. The number of nitrogens with one attached hydrogen (secondary N) is 2. The van der Waals surface area contributed by atoms with Gasteiger partial charge >= 0.3 is 11.9 Å². The van der Waals surface area contributed by atoms with Gasteiger partial charge in [0.1, 0.15) is 24.5 Å². The SMILES string of the molecule is CCCCOC(=O)[C@H](C)NP(=O)(COCCn1cnc2c(OC3CCCC3)nc(N)nc21)N[C@@H](C)C(=O)OCCCC. The van der Waals surface area contributed by atoms with Gasteiger partial charge in [0, 0.05) is 6.54 Å². The van der Waals surface area contributed by atoms with Gasteiger partial charge < -0.3 is 29.2 Å². The number of rotatable bonds is 19. The van der Waals surface area contributed by atoms with Crippen LogP contribution in [0.5, 0.6) is 5.88 Å². The molecule has 1 fully saturated rings. The minimum atomic E-state index is -3.62. The highest BCUT2D eigenvalue weighted by atomic mass is 31.2. The molecule has 0 saturated heterocycles. The maximum absolute atomic E-state index is 13.9. The predicted molar refractivity (Wildman–Crippen MR) is 158 cm³/mol. The van der Waals surface area contributed by atoms with Crippen molar-refractivity contribution in [1.82, 2.24) is 29.7 Å². The minimum absolute atomic E-state index is 0.0793. The number of hydrogen-bond donors (Lipinski definition) is 3. The van der Waals surface area contributed by atoms with Crippen molar-refractivity contribution in [3.05, 3.63) is 6.33 Å². The zero-order valence-electron chi connectivity index (χ0n) is 25.2. The Hall–Kier alpha value is -2.80. The van der Waals surface area contributed by atoms with Crippen molar-refractivity contribution in [2.75, 3.05) is 31.9 Å². The van der Waals surface area contributed by atoms with Crippen LogP contribution in [0, 0.1) is 0 Å². The van der Waals surface area contributed by atoms with Crippen LogP contribution in [-0.4, -0.2) is 75.8 Å². The van der Waals surface area contributed by atoms with Gasteiger partial charge in [-0.3, -0.25) is 14.2 Å². The molecular formula is C27H46N7O7P. The van der Waals surface area contributed by atoms with Crippen LogP contribution in [0.1, 0.15) is 79.1 Å². The van der Waals surface area contributed by atoms with Crippen molar-refractivity contribution in [3.63, 3.8) is 0 Å². The number of aromatic nitrogens is 4. The first kappa shape index (κ1) is 33.7. The molecular weight excluding hydrogens is 565 g/mol. The van der Waals surface area contributed by atoms with Gasteiger partial charge in [-0.15, -0.1) is 0 Å². The maximum Gasteiger partial charge on any atom is 0.323 e. The molecule has 0 spiro atoms. The Bertz CT molecular complexity index is 1170. The highest BCUT2D eigenvalue weighted by molar-refractivity contribution is 7.59. The van der Waals surface area contributed by atoms with E-state index < -0.39 is 31.5 Å². The summed E-state index contributed by atoms with van der Waals surface area (Å²) in [6.07, 6.45) is 8.75. The highest BCUT2D eigenvalue weighted by Gasteiger charge is 2.32. The smallest absolute Gasteiger partial charge is 0.323 e. The summed E-state index contributed by atoms with van der Waals surface area (Å²) in [6, 6.07) is -1.80. The van der Waals surface area contributed by atoms with Crippen LogP contribution in [0.25, 0.3) is 11.2 Å². The molecule has 0 aromatic carbocycles. The molecule has 15 heteroatoms. The standard InChI is InChI=1S/C27H46N7O7P/c1-5-7-14-39-25(35)19(3)32-42(37,33-20(4)26(36)40-15-8-6-2)18-38-16-13-34-17-29-22-23(34)30-27(28)31-24(22)41-21-11-9-10-12-21/h17,19-21H,5-16,18H2,1-4H3,(H2,28,30,31)(H2,32,33,37)/t19-,20-/m0/s1. The fourth-order valence-corrected chi connectivity index (χ4v) is 6.50. The van der Waals surface area contributed by atoms with E-state index in [1.165, 1.54) is 0 Å². The molecule has 236 valence electrons. The molecule has 0 radical (unpaired) electrons. The van der Waals surface area contributed by atoms with Gasteiger partial charge in [0.25, 0.3) is 0 Å². The van der Waals surface area contributed by atoms with Gasteiger partial charge in [0.2, 0.25) is 19.3 Å². The van der Waals surface area contributed by atoms with Crippen LogP contribution in [0.2, 0.25) is 0 Å². The molecule has 2 atom stereocenters. The van der Waals surface area contributed by atoms with Crippen molar-refractivity contribution < 1.29 is 33.1 Å². The normalized spacial score (nSPS) is 15.5. The minimum Gasteiger partial charge on any atom is -0.473 e. The third-order valence-electron chi connectivity index (χ3n) is 6.78. The molecule has 1 saturated carbocycles. The van der Waals surface area contributed by atoms with E-state index >= 15 is 0 Å². The molecule has 4 N–H and O–H groups in total. The second kappa shape index (κ2) is 16.7. The number of hydrogen-bond acceptors (Lipinski definition) is 11. The summed E-state index contributed by atoms with van der Waals surface area (Å²) in [5, 5.41) is 5.62. The average Bonchev–Trinajstić information content (AvgIpc) is 3.61. The number of esters is 2. The van der Waals surface area contributed by atoms with E-state index in [1.807, 2.05) is 13.8 Å². The Morgan fingerprint density at radius 2 is 1.62 bits per heavy atom. The van der Waals surface area contributed by atoms with Crippen LogP contribution in [0.4, 0.5) is 5.95 Å². The first-order valence-corrected chi connectivity index (χ1v) is 16.8. The van der Waals surface area contributed by atoms with E-state index in [0.29, 0.717) is 23.6 Å². The Labute approximate surface area is 247 Å². The Morgan fingerprint density at radius 3 is 2.19 bits per heavy atom. The molecule has 0 unspecified atom stereocenters. The van der Waals surface area contributed by atoms with E-state index in [1.54, 1.807) is 24.7 Å². The van der Waals surface area contributed by atoms with Crippen LogP contribution >= 0.6 is 7.44 Å². The number of imidazole rings is 1. The Kier molecular flexibility index (Phi) is 13.4. The Morgan fingerprint density at radius 1 is 1.02 bits per heavy atom. The van der Waals surface area contributed by atoms with Crippen LogP contribution < -0.4 is 20.6 Å². The average molecular weight is 612 g/mol. The number of carbonyl (C=O) groups is 2. The fraction of sp³-hybridized carbons (Fsp3) is 0.741. The van der Waals surface area contributed by atoms with E-state index in [-0.39, 0.29) is 38.2 Å². The van der Waals surface area contributed by atoms with Crippen LogP contribution in [0.15, 0.2) is 6.33 Å². The molecule has 2 aromatic heterocycles. The number of nitrogens with two attached hydrogens (primary N) is 1. The van der Waals surface area contributed by atoms with Crippen molar-refractivity contribution >= 4 is 36.5 Å². The highest BCUT2D eigenvalue weighted by Crippen LogP contribution is 2.38. The number of nitrogens with zero attached hydrogens (tertiary/aromatic N) is 4. The van der Waals surface area contributed by atoms with Gasteiger partial charge in [-0.1, -0.05) is 26.7 Å². The zero-order valence-corrected chi connectivity index (χ0v) is 26.1. The van der Waals surface area contributed by atoms with Crippen LogP contribution in [-0.2, 0) is 34.9 Å². The topological polar surface area (TPSA) is 182 Å². The number of anilines is 1. The quantitative estimate of drug-likeness (QED) is 0.119. The summed E-state index contributed by atoms with van der Waals surface area (Å²) in [4.78, 5) is 37.9. The molecule has 2 heterocycles. The van der Waals surface area contributed by atoms with Crippen molar-refractivity contribution in [2.24, 2.45) is 0 Å². The summed E-state index contributed by atoms with van der Waals surface area (Å²) in [5.74, 6) is -0.639. The monoisotopic (exact) mass is 611 g/mol. The lowest BCUT2D eigenvalue weighted by atomic mass is 10.3. The lowest BCUT2D eigenvalue weighted by Gasteiger charge is -2.26. The summed E-state index contributed by atoms with van der Waals surface area (Å²) in [5.41, 5.74) is 6.97. The van der Waals surface area contributed by atoms with E-state index in [4.69, 9.17) is 24.7 Å². The second-order valence-corrected chi connectivity index (χ2v) is 12.8. The molecule has 0 aliphatic heterocycles. The number of ether oxygens (including phenoxy) is 4. The lowest BCUT2D eigenvalue weighted by molar-refractivity contribution is -0.145. The zero-order chi connectivity index (χ0) is 30.5. The first-order valence-electron chi connectivity index (χ1n) is 14.9. The molecule has 14 nitrogen and oxygen atoms in total. The molecule has 42 heavy (non-hydrogen) atoms. The van der Waals surface area contributed by atoms with E-state index in [0.717, 1.165) is 51.4 Å². The summed E-state index contributed by atoms with van der Waals surface area (Å²) >= 11 is 0. The molecule has 2 aromatic rings. The number of carbonyl (C=O) groups excluding carboxylic acids is 2. The first-order chi connectivity index (χ1) is 20.2. The third kappa shape index (κ3) is 10.2. The largest absolute Gasteiger partial charge is 0.473 e. The summed E-state index contributed by atoms with van der Waals surface area (Å²) in [7, 11) is -3.62. The second-order valence-electron chi connectivity index (χ2n) is 10.5. The summed E-state index contributed by atoms with van der Waals surface area (Å²) in [6.45, 7) is 8.09. The predicted octanol–water partition coefficient (Wildman–Crippen LogP) is 3.54. The van der Waals surface area contributed by atoms with Gasteiger partial charge in [-0.25, -0.2) is 15.2 Å². The van der Waals surface area contributed by atoms with Gasteiger partial charge in [0.05, 0.1) is 26.1 Å². The van der Waals surface area contributed by atoms with Gasteiger partial charge in [0.15, 0.2) is 11.2 Å². The van der Waals surface area contributed by atoms with Gasteiger partial charge in [-0.05, 0) is 52.4 Å². The van der Waals surface area contributed by atoms with Crippen molar-refractivity contribution in [3.8, 4) is 5.88 Å². The summed E-state index contributed by atoms with van der Waals surface area (Å²) < 4.78 is 38.0. The number of fused-ring (bicyclic) bond motifs is 1. The molecule has 1 aliphatic carbocycles. The maximum atomic E-state index is 13.9. The number of nitrogen functional groups attached to an aromatic ring is 1. The molecule has 3 rings (SSSR count). The van der Waals surface area contributed by atoms with Crippen molar-refractivity contribution in [2.45, 2.75) is 104 Å². The van der Waals surface area contributed by atoms with E-state index in [9.17, 15) is 14.2 Å². The van der Waals surface area contributed by atoms with E-state index in [2.05, 4.69) is 25.1 Å². The molecule has 0 bridgehead atoms. The molecule has 0 amide bonds. The third-order valence-corrected chi connectivity index (χ3v) is 8.93. The fourth-order valence-electron chi connectivity index (χ4n) is 4.43. The molecule has 1 aliphatic rings. The van der Waals surface area contributed by atoms with Crippen molar-refractivity contribution in [1.29, 1.82) is 0 Å². The number of unbranched alkanes of at least 4 members (excludes halogenated alkanes) is 2.